The molecule has 1 amide bonds. The van der Waals surface area contributed by atoms with E-state index in [4.69, 9.17) is 10.5 Å². The van der Waals surface area contributed by atoms with Gasteiger partial charge in [-0.15, -0.1) is 0 Å². The van der Waals surface area contributed by atoms with Gasteiger partial charge >= 0.3 is 0 Å². The first-order chi connectivity index (χ1) is 9.19. The van der Waals surface area contributed by atoms with Crippen LogP contribution in [0.25, 0.3) is 5.69 Å². The van der Waals surface area contributed by atoms with Crippen LogP contribution in [0.4, 0.5) is 0 Å². The van der Waals surface area contributed by atoms with Gasteiger partial charge in [0.05, 0.1) is 12.8 Å². The zero-order valence-corrected chi connectivity index (χ0v) is 10.9. The second kappa shape index (κ2) is 5.53. The van der Waals surface area contributed by atoms with Crippen molar-refractivity contribution in [2.45, 2.75) is 6.54 Å². The van der Waals surface area contributed by atoms with Gasteiger partial charge in [-0.25, -0.2) is 4.68 Å². The monoisotopic (exact) mass is 260 g/mol. The molecule has 0 radical (unpaired) electrons. The van der Waals surface area contributed by atoms with Crippen LogP contribution in [0.5, 0.6) is 5.75 Å². The molecule has 6 nitrogen and oxygen atoms in total. The van der Waals surface area contributed by atoms with Crippen LogP contribution in [-0.2, 0) is 6.54 Å². The largest absolute Gasteiger partial charge is 0.497 e. The minimum Gasteiger partial charge on any atom is -0.497 e. The Morgan fingerprint density at radius 3 is 2.89 bits per heavy atom. The number of nitrogens with one attached hydrogen (secondary N) is 1. The molecule has 1 aromatic heterocycles. The maximum absolute atomic E-state index is 11.5. The average molecular weight is 260 g/mol. The number of nitrogens with two attached hydrogens (primary N) is 1. The lowest BCUT2D eigenvalue weighted by molar-refractivity contribution is 0.0957. The predicted molar refractivity (Wildman–Crippen MR) is 71.4 cm³/mol. The van der Waals surface area contributed by atoms with Crippen molar-refractivity contribution < 1.29 is 9.53 Å². The molecule has 6 heteroatoms. The summed E-state index contributed by atoms with van der Waals surface area (Å²) in [6.07, 6.45) is 1.72. The molecule has 19 heavy (non-hydrogen) atoms. The molecule has 2 aromatic rings. The maximum Gasteiger partial charge on any atom is 0.271 e. The second-order valence-corrected chi connectivity index (χ2v) is 3.92. The van der Waals surface area contributed by atoms with Gasteiger partial charge in [-0.05, 0) is 17.7 Å². The van der Waals surface area contributed by atoms with Crippen LogP contribution >= 0.6 is 0 Å². The van der Waals surface area contributed by atoms with E-state index in [2.05, 4.69) is 10.4 Å². The van der Waals surface area contributed by atoms with Crippen molar-refractivity contribution in [2.75, 3.05) is 14.2 Å². The molecule has 100 valence electrons. The molecular weight excluding hydrogens is 244 g/mol. The standard InChI is InChI=1S/C13H16N4O2/c1-15-13(18)11-5-6-17(16-11)12-7-10(19-2)4-3-9(12)8-14/h3-7H,8,14H2,1-2H3,(H,15,18). The number of carbonyl (C=O) groups excluding carboxylic acids is 1. The van der Waals surface area contributed by atoms with Crippen molar-refractivity contribution in [3.05, 3.63) is 41.7 Å². The molecule has 0 aliphatic rings. The van der Waals surface area contributed by atoms with E-state index in [9.17, 15) is 4.79 Å². The molecule has 0 unspecified atom stereocenters. The summed E-state index contributed by atoms with van der Waals surface area (Å²) in [5, 5.41) is 6.76. The number of hydrogen-bond acceptors (Lipinski definition) is 4. The molecule has 0 aliphatic carbocycles. The number of methoxy groups -OCH3 is 1. The van der Waals surface area contributed by atoms with E-state index in [-0.39, 0.29) is 5.91 Å². The normalized spacial score (nSPS) is 10.3. The van der Waals surface area contributed by atoms with Gasteiger partial charge in [0.2, 0.25) is 0 Å². The third-order valence-electron chi connectivity index (χ3n) is 2.81. The van der Waals surface area contributed by atoms with Gasteiger partial charge in [-0.3, -0.25) is 4.79 Å². The molecular formula is C13H16N4O2. The number of carbonyl (C=O) groups is 1. The molecule has 0 aliphatic heterocycles. The van der Waals surface area contributed by atoms with Crippen molar-refractivity contribution in [2.24, 2.45) is 5.73 Å². The average Bonchev–Trinajstić information content (AvgIpc) is 2.95. The lowest BCUT2D eigenvalue weighted by Gasteiger charge is -2.10. The number of benzene rings is 1. The van der Waals surface area contributed by atoms with Crippen molar-refractivity contribution in [3.8, 4) is 11.4 Å². The van der Waals surface area contributed by atoms with Gasteiger partial charge in [0, 0.05) is 25.9 Å². The Hall–Kier alpha value is -2.34. The van der Waals surface area contributed by atoms with Crippen molar-refractivity contribution in [1.82, 2.24) is 15.1 Å². The van der Waals surface area contributed by atoms with Gasteiger partial charge in [0.25, 0.3) is 5.91 Å². The summed E-state index contributed by atoms with van der Waals surface area (Å²) in [5.74, 6) is 0.486. The molecule has 0 atom stereocenters. The van der Waals surface area contributed by atoms with Crippen LogP contribution in [0, 0.1) is 0 Å². The summed E-state index contributed by atoms with van der Waals surface area (Å²) in [5.41, 5.74) is 7.79. The molecule has 3 N–H and O–H groups in total. The van der Waals surface area contributed by atoms with Gasteiger partial charge in [0.15, 0.2) is 5.69 Å². The Morgan fingerprint density at radius 1 is 1.47 bits per heavy atom. The molecule has 2 rings (SSSR count). The van der Waals surface area contributed by atoms with E-state index in [1.165, 1.54) is 0 Å². The van der Waals surface area contributed by atoms with Crippen LogP contribution in [0.3, 0.4) is 0 Å². The van der Waals surface area contributed by atoms with E-state index in [1.807, 2.05) is 18.2 Å². The third-order valence-corrected chi connectivity index (χ3v) is 2.81. The first kappa shape index (κ1) is 13.1. The first-order valence-electron chi connectivity index (χ1n) is 5.84. The summed E-state index contributed by atoms with van der Waals surface area (Å²) in [7, 11) is 3.17. The summed E-state index contributed by atoms with van der Waals surface area (Å²) in [6.45, 7) is 0.383. The van der Waals surface area contributed by atoms with Gasteiger partial charge in [-0.2, -0.15) is 5.10 Å². The van der Waals surface area contributed by atoms with Crippen molar-refractivity contribution in [1.29, 1.82) is 0 Å². The Bertz CT molecular complexity index is 592. The molecule has 0 fully saturated rings. The summed E-state index contributed by atoms with van der Waals surface area (Å²) in [6, 6.07) is 7.21. The highest BCUT2D eigenvalue weighted by Gasteiger charge is 2.11. The van der Waals surface area contributed by atoms with E-state index in [0.717, 1.165) is 11.3 Å². The van der Waals surface area contributed by atoms with Crippen LogP contribution < -0.4 is 15.8 Å². The number of ether oxygens (including phenoxy) is 1. The van der Waals surface area contributed by atoms with E-state index < -0.39 is 0 Å². The molecule has 1 aromatic carbocycles. The Morgan fingerprint density at radius 2 is 2.26 bits per heavy atom. The predicted octanol–water partition coefficient (Wildman–Crippen LogP) is 0.699. The molecule has 1 heterocycles. The highest BCUT2D eigenvalue weighted by molar-refractivity contribution is 5.91. The van der Waals surface area contributed by atoms with Crippen LogP contribution in [0.2, 0.25) is 0 Å². The summed E-state index contributed by atoms with van der Waals surface area (Å²) < 4.78 is 6.81. The van der Waals surface area contributed by atoms with Crippen molar-refractivity contribution >= 4 is 5.91 Å². The number of amides is 1. The van der Waals surface area contributed by atoms with E-state index in [0.29, 0.717) is 18.0 Å². The molecule has 0 saturated heterocycles. The molecule has 0 spiro atoms. The van der Waals surface area contributed by atoms with Gasteiger partial charge < -0.3 is 15.8 Å². The number of rotatable bonds is 4. The van der Waals surface area contributed by atoms with Crippen molar-refractivity contribution in [3.63, 3.8) is 0 Å². The zero-order chi connectivity index (χ0) is 13.8. The second-order valence-electron chi connectivity index (χ2n) is 3.92. The fourth-order valence-corrected chi connectivity index (χ4v) is 1.76. The maximum atomic E-state index is 11.5. The Labute approximate surface area is 111 Å². The summed E-state index contributed by atoms with van der Waals surface area (Å²) >= 11 is 0. The lowest BCUT2D eigenvalue weighted by Crippen LogP contribution is -2.18. The zero-order valence-electron chi connectivity index (χ0n) is 10.9. The lowest BCUT2D eigenvalue weighted by atomic mass is 10.1. The number of hydrogen-bond donors (Lipinski definition) is 2. The fourth-order valence-electron chi connectivity index (χ4n) is 1.76. The van der Waals surface area contributed by atoms with Crippen LogP contribution in [0.15, 0.2) is 30.5 Å². The highest BCUT2D eigenvalue weighted by Crippen LogP contribution is 2.21. The topological polar surface area (TPSA) is 82.2 Å². The van der Waals surface area contributed by atoms with E-state index >= 15 is 0 Å². The first-order valence-corrected chi connectivity index (χ1v) is 5.84. The smallest absolute Gasteiger partial charge is 0.271 e. The molecule has 0 bridgehead atoms. The SMILES string of the molecule is CNC(=O)c1ccn(-c2cc(OC)ccc2CN)n1. The third kappa shape index (κ3) is 2.58. The van der Waals surface area contributed by atoms with Gasteiger partial charge in [0.1, 0.15) is 5.75 Å². The summed E-state index contributed by atoms with van der Waals surface area (Å²) in [4.78, 5) is 11.5. The minimum atomic E-state index is -0.226. The Balaban J connectivity index is 2.45. The Kier molecular flexibility index (Phi) is 3.82. The number of aromatic nitrogens is 2. The fraction of sp³-hybridized carbons (Fsp3) is 0.231. The van der Waals surface area contributed by atoms with E-state index in [1.54, 1.807) is 31.1 Å². The van der Waals surface area contributed by atoms with Crippen LogP contribution in [0.1, 0.15) is 16.1 Å². The quantitative estimate of drug-likeness (QED) is 0.847. The minimum absolute atomic E-state index is 0.226. The van der Waals surface area contributed by atoms with Crippen LogP contribution in [-0.4, -0.2) is 29.8 Å². The number of nitrogens with zero attached hydrogens (tertiary/aromatic N) is 2. The highest BCUT2D eigenvalue weighted by atomic mass is 16.5. The molecule has 0 saturated carbocycles. The van der Waals surface area contributed by atoms with Gasteiger partial charge in [-0.1, -0.05) is 6.07 Å².